The van der Waals surface area contributed by atoms with Crippen LogP contribution in [0.15, 0.2) is 24.3 Å². The van der Waals surface area contributed by atoms with Crippen LogP contribution < -0.4 is 15.5 Å². The largest absolute Gasteiger partial charge is 0.352 e. The number of carbonyl (C=O) groups excluding carboxylic acids is 1. The zero-order chi connectivity index (χ0) is 17.6. The molecule has 130 valence electrons. The first-order chi connectivity index (χ1) is 12.1. The number of hydrogen-bond acceptors (Lipinski definition) is 5. The number of nitro benzene ring substituents is 1. The van der Waals surface area contributed by atoms with Gasteiger partial charge in [-0.25, -0.2) is 0 Å². The molecule has 1 amide bonds. The predicted molar refractivity (Wildman–Crippen MR) is 95.0 cm³/mol. The second-order valence-electron chi connectivity index (χ2n) is 6.35. The summed E-state index contributed by atoms with van der Waals surface area (Å²) >= 11 is 1.61. The molecular weight excluding hydrogens is 340 g/mol. The summed E-state index contributed by atoms with van der Waals surface area (Å²) in [5, 5.41) is 18.3. The Morgan fingerprint density at radius 1 is 1.36 bits per heavy atom. The summed E-state index contributed by atoms with van der Waals surface area (Å²) in [5.41, 5.74) is 2.35. The van der Waals surface area contributed by atoms with Crippen LogP contribution >= 0.6 is 11.3 Å². The zero-order valence-corrected chi connectivity index (χ0v) is 14.6. The number of para-hydroxylation sites is 1. The minimum Gasteiger partial charge on any atom is -0.352 e. The van der Waals surface area contributed by atoms with Gasteiger partial charge < -0.3 is 15.5 Å². The lowest BCUT2D eigenvalue weighted by molar-refractivity contribution is -0.913. The average molecular weight is 359 g/mol. The number of nitrogens with zero attached hydrogens (tertiary/aromatic N) is 1. The van der Waals surface area contributed by atoms with Crippen molar-refractivity contribution in [3.63, 3.8) is 0 Å². The molecule has 0 fully saturated rings. The molecule has 3 N–H and O–H groups in total. The lowest BCUT2D eigenvalue weighted by Gasteiger charge is -2.27. The number of likely N-dealkylation sites (N-methyl/N-ethyl adjacent to an activating group) is 1. The number of hydrogen-bond donors (Lipinski definition) is 3. The van der Waals surface area contributed by atoms with Crippen molar-refractivity contribution in [3.8, 4) is 0 Å². The van der Waals surface area contributed by atoms with Crippen molar-refractivity contribution in [3.05, 3.63) is 55.9 Å². The summed E-state index contributed by atoms with van der Waals surface area (Å²) in [6, 6.07) is 6.51. The monoisotopic (exact) mass is 359 g/mol. The van der Waals surface area contributed by atoms with E-state index < -0.39 is 11.1 Å². The number of benzene rings is 1. The van der Waals surface area contributed by atoms with E-state index in [-0.39, 0.29) is 11.6 Å². The number of carbonyl (C=O) groups is 1. The molecule has 8 heteroatoms. The number of quaternary nitrogens is 1. The van der Waals surface area contributed by atoms with Crippen LogP contribution in [-0.4, -0.2) is 23.9 Å². The van der Waals surface area contributed by atoms with Gasteiger partial charge in [0.2, 0.25) is 0 Å². The third-order valence-corrected chi connectivity index (χ3v) is 6.12. The summed E-state index contributed by atoms with van der Waals surface area (Å²) in [7, 11) is 0. The number of nitro groups is 1. The summed E-state index contributed by atoms with van der Waals surface area (Å²) in [6.45, 7) is 5.21. The Bertz CT molecular complexity index is 864. The second-order valence-corrected chi connectivity index (χ2v) is 7.46. The third kappa shape index (κ3) is 2.67. The van der Waals surface area contributed by atoms with Crippen LogP contribution in [0.3, 0.4) is 0 Å². The van der Waals surface area contributed by atoms with E-state index in [1.807, 2.05) is 0 Å². The molecule has 0 saturated heterocycles. The van der Waals surface area contributed by atoms with Crippen LogP contribution in [0.4, 0.5) is 10.7 Å². The number of amides is 1. The minimum atomic E-state index is -0.587. The number of anilines is 1. The van der Waals surface area contributed by atoms with Crippen LogP contribution in [-0.2, 0) is 13.0 Å². The fraction of sp³-hybridized carbons (Fsp3) is 0.353. The predicted octanol–water partition coefficient (Wildman–Crippen LogP) is 1.47. The van der Waals surface area contributed by atoms with Gasteiger partial charge in [0.15, 0.2) is 0 Å². The molecule has 25 heavy (non-hydrogen) atoms. The minimum absolute atomic E-state index is 0.00618. The normalized spacial score (nSPS) is 21.7. The van der Waals surface area contributed by atoms with Crippen molar-refractivity contribution in [1.82, 2.24) is 5.32 Å². The summed E-state index contributed by atoms with van der Waals surface area (Å²) in [4.78, 5) is 26.3. The Balaban J connectivity index is 1.70. The van der Waals surface area contributed by atoms with Crippen LogP contribution in [0.2, 0.25) is 0 Å². The first kappa shape index (κ1) is 16.0. The maximum Gasteiger partial charge on any atom is 0.276 e. The molecule has 2 atom stereocenters. The van der Waals surface area contributed by atoms with Gasteiger partial charge in [0.05, 0.1) is 34.0 Å². The quantitative estimate of drug-likeness (QED) is 0.572. The van der Waals surface area contributed by atoms with E-state index in [2.05, 4.69) is 17.6 Å². The van der Waals surface area contributed by atoms with Crippen molar-refractivity contribution in [2.75, 3.05) is 18.4 Å². The summed E-state index contributed by atoms with van der Waals surface area (Å²) < 4.78 is 0. The molecular formula is C17H19N4O3S+. The van der Waals surface area contributed by atoms with Gasteiger partial charge in [-0.3, -0.25) is 14.9 Å². The molecule has 2 aliphatic rings. The van der Waals surface area contributed by atoms with Gasteiger partial charge in [-0.2, -0.15) is 0 Å². The Morgan fingerprint density at radius 3 is 2.92 bits per heavy atom. The Kier molecular flexibility index (Phi) is 3.93. The molecule has 0 bridgehead atoms. The molecule has 1 aromatic carbocycles. The van der Waals surface area contributed by atoms with Gasteiger partial charge in [-0.15, -0.1) is 11.3 Å². The highest BCUT2D eigenvalue weighted by Gasteiger charge is 2.35. The molecule has 0 saturated carbocycles. The fourth-order valence-corrected chi connectivity index (χ4v) is 4.95. The summed E-state index contributed by atoms with van der Waals surface area (Å²) in [5.74, 6) is -0.144. The number of thiophene rings is 1. The second kappa shape index (κ2) is 6.12. The molecule has 0 radical (unpaired) electrons. The van der Waals surface area contributed by atoms with Crippen molar-refractivity contribution in [2.45, 2.75) is 26.1 Å². The first-order valence-corrected chi connectivity index (χ1v) is 9.19. The third-order valence-electron chi connectivity index (χ3n) is 4.95. The molecule has 7 nitrogen and oxygen atoms in total. The highest BCUT2D eigenvalue weighted by molar-refractivity contribution is 7.16. The SMILES string of the molecule is CC[NH+]1CCc2c(sc3c2C(=O)N[C@H](c2ccccc2[N+](=O)[O-])N3)C1. The highest BCUT2D eigenvalue weighted by atomic mass is 32.1. The first-order valence-electron chi connectivity index (χ1n) is 8.37. The lowest BCUT2D eigenvalue weighted by atomic mass is 10.00. The number of fused-ring (bicyclic) bond motifs is 3. The topological polar surface area (TPSA) is 88.7 Å². The summed E-state index contributed by atoms with van der Waals surface area (Å²) in [6.07, 6.45) is 0.312. The van der Waals surface area contributed by atoms with E-state index in [1.165, 1.54) is 15.8 Å². The Morgan fingerprint density at radius 2 is 2.16 bits per heavy atom. The lowest BCUT2D eigenvalue weighted by Crippen LogP contribution is -3.11. The average Bonchev–Trinajstić information content (AvgIpc) is 2.99. The van der Waals surface area contributed by atoms with E-state index in [4.69, 9.17) is 0 Å². The van der Waals surface area contributed by atoms with Crippen LogP contribution in [0.5, 0.6) is 0 Å². The van der Waals surface area contributed by atoms with Gasteiger partial charge in [-0.05, 0) is 18.6 Å². The molecule has 1 aromatic heterocycles. The van der Waals surface area contributed by atoms with Crippen LogP contribution in [0.1, 0.15) is 39.5 Å². The van der Waals surface area contributed by atoms with E-state index in [0.29, 0.717) is 5.56 Å². The molecule has 1 unspecified atom stereocenters. The smallest absolute Gasteiger partial charge is 0.276 e. The van der Waals surface area contributed by atoms with Crippen LogP contribution in [0.25, 0.3) is 0 Å². The van der Waals surface area contributed by atoms with Gasteiger partial charge >= 0.3 is 0 Å². The van der Waals surface area contributed by atoms with Gasteiger partial charge in [-0.1, -0.05) is 12.1 Å². The van der Waals surface area contributed by atoms with Crippen molar-refractivity contribution in [2.24, 2.45) is 0 Å². The molecule has 2 aromatic rings. The van der Waals surface area contributed by atoms with Gasteiger partial charge in [0.25, 0.3) is 11.6 Å². The molecule has 0 spiro atoms. The van der Waals surface area contributed by atoms with Crippen molar-refractivity contribution >= 4 is 27.9 Å². The van der Waals surface area contributed by atoms with Gasteiger partial charge in [0, 0.05) is 12.5 Å². The zero-order valence-electron chi connectivity index (χ0n) is 13.8. The number of nitrogens with one attached hydrogen (secondary N) is 3. The maximum atomic E-state index is 12.7. The number of rotatable bonds is 3. The van der Waals surface area contributed by atoms with Crippen LogP contribution in [0, 0.1) is 10.1 Å². The molecule has 3 heterocycles. The Labute approximate surface area is 148 Å². The van der Waals surface area contributed by atoms with E-state index >= 15 is 0 Å². The van der Waals surface area contributed by atoms with Gasteiger partial charge in [0.1, 0.15) is 17.7 Å². The molecule has 2 aliphatic heterocycles. The fourth-order valence-electron chi connectivity index (χ4n) is 3.60. The van der Waals surface area contributed by atoms with E-state index in [9.17, 15) is 14.9 Å². The maximum absolute atomic E-state index is 12.7. The highest BCUT2D eigenvalue weighted by Crippen LogP contribution is 2.40. The van der Waals surface area contributed by atoms with E-state index in [0.717, 1.165) is 42.2 Å². The Hall–Kier alpha value is -2.45. The molecule has 4 rings (SSSR count). The van der Waals surface area contributed by atoms with Crippen molar-refractivity contribution < 1.29 is 14.6 Å². The van der Waals surface area contributed by atoms with E-state index in [1.54, 1.807) is 29.5 Å². The van der Waals surface area contributed by atoms with Crippen molar-refractivity contribution in [1.29, 1.82) is 0 Å². The molecule has 0 aliphatic carbocycles. The standard InChI is InChI=1S/C17H18N4O3S/c1-2-20-8-7-11-13(9-20)25-17-14(11)16(22)18-15(19-17)10-5-3-4-6-12(10)21(23)24/h3-6,15,19H,2,7-9H2,1H3,(H,18,22)/p+1/t15-/m0/s1.